The van der Waals surface area contributed by atoms with Crippen LogP contribution in [0, 0.1) is 12.3 Å². The van der Waals surface area contributed by atoms with E-state index in [1.165, 1.54) is 0 Å². The number of ether oxygens (including phenoxy) is 2. The molecule has 3 nitrogen and oxygen atoms in total. The van der Waals surface area contributed by atoms with Gasteiger partial charge in [0.1, 0.15) is 11.5 Å². The minimum absolute atomic E-state index is 0.232. The van der Waals surface area contributed by atoms with Crippen LogP contribution in [0.4, 0.5) is 0 Å². The summed E-state index contributed by atoms with van der Waals surface area (Å²) in [6.45, 7) is 2.98. The van der Waals surface area contributed by atoms with Crippen molar-refractivity contribution in [2.45, 2.75) is 25.8 Å². The first-order valence-electron chi connectivity index (χ1n) is 6.15. The molecule has 0 radical (unpaired) electrons. The molecule has 0 bridgehead atoms. The van der Waals surface area contributed by atoms with Gasteiger partial charge in [0.25, 0.3) is 0 Å². The Morgan fingerprint density at radius 1 is 1.22 bits per heavy atom. The summed E-state index contributed by atoms with van der Waals surface area (Å²) in [5.41, 5.74) is 1.14. The summed E-state index contributed by atoms with van der Waals surface area (Å²) in [5.74, 6) is 4.28. The van der Waals surface area contributed by atoms with Crippen molar-refractivity contribution in [1.82, 2.24) is 5.32 Å². The van der Waals surface area contributed by atoms with Crippen LogP contribution >= 0.6 is 0 Å². The van der Waals surface area contributed by atoms with Gasteiger partial charge in [-0.2, -0.15) is 0 Å². The zero-order valence-corrected chi connectivity index (χ0v) is 11.3. The minimum atomic E-state index is 0.232. The maximum absolute atomic E-state index is 5.34. The molecule has 1 unspecified atom stereocenters. The summed E-state index contributed by atoms with van der Waals surface area (Å²) in [5, 5.41) is 3.43. The van der Waals surface area contributed by atoms with E-state index in [2.05, 4.69) is 18.2 Å². The van der Waals surface area contributed by atoms with Gasteiger partial charge in [0.2, 0.25) is 0 Å². The third-order valence-corrected chi connectivity index (χ3v) is 2.80. The first-order valence-corrected chi connectivity index (χ1v) is 6.15. The van der Waals surface area contributed by atoms with Gasteiger partial charge in [-0.1, -0.05) is 6.92 Å². The number of hydrogen-bond donors (Lipinski definition) is 1. The Hall–Kier alpha value is -1.66. The zero-order valence-electron chi connectivity index (χ0n) is 11.3. The molecule has 98 valence electrons. The molecule has 18 heavy (non-hydrogen) atoms. The average Bonchev–Trinajstić information content (AvgIpc) is 2.42. The summed E-state index contributed by atoms with van der Waals surface area (Å²) >= 11 is 0. The molecule has 0 spiro atoms. The molecule has 1 atom stereocenters. The highest BCUT2D eigenvalue weighted by Crippen LogP contribution is 2.28. The van der Waals surface area contributed by atoms with Gasteiger partial charge in [-0.05, 0) is 30.7 Å². The number of terminal acetylenes is 1. The molecule has 0 aliphatic rings. The van der Waals surface area contributed by atoms with E-state index in [1.807, 2.05) is 18.2 Å². The van der Waals surface area contributed by atoms with Crippen molar-refractivity contribution in [3.05, 3.63) is 23.8 Å². The van der Waals surface area contributed by atoms with Crippen LogP contribution < -0.4 is 14.8 Å². The largest absolute Gasteiger partial charge is 0.497 e. The van der Waals surface area contributed by atoms with Gasteiger partial charge in [-0.3, -0.25) is 0 Å². The van der Waals surface area contributed by atoms with E-state index in [4.69, 9.17) is 15.9 Å². The fourth-order valence-corrected chi connectivity index (χ4v) is 1.89. The molecular weight excluding hydrogens is 226 g/mol. The van der Waals surface area contributed by atoms with Crippen LogP contribution in [-0.4, -0.2) is 20.8 Å². The molecule has 1 rings (SSSR count). The summed E-state index contributed by atoms with van der Waals surface area (Å²) in [7, 11) is 3.31. The molecule has 1 aromatic carbocycles. The quantitative estimate of drug-likeness (QED) is 0.752. The molecular formula is C15H21NO2. The second-order valence-electron chi connectivity index (χ2n) is 4.00. The molecule has 3 heteroatoms. The van der Waals surface area contributed by atoms with Gasteiger partial charge in [0.15, 0.2) is 0 Å². The Kier molecular flexibility index (Phi) is 6.10. The van der Waals surface area contributed by atoms with Crippen molar-refractivity contribution in [3.63, 3.8) is 0 Å². The number of hydrogen-bond acceptors (Lipinski definition) is 3. The Morgan fingerprint density at radius 2 is 1.83 bits per heavy atom. The second kappa shape index (κ2) is 7.62. The molecule has 1 aromatic rings. The predicted octanol–water partition coefficient (Wildman–Crippen LogP) is 2.77. The van der Waals surface area contributed by atoms with Crippen LogP contribution in [0.2, 0.25) is 0 Å². The monoisotopic (exact) mass is 247 g/mol. The maximum atomic E-state index is 5.34. The molecule has 0 fully saturated rings. The Bertz CT molecular complexity index is 387. The number of benzene rings is 1. The third-order valence-electron chi connectivity index (χ3n) is 2.80. The van der Waals surface area contributed by atoms with E-state index < -0.39 is 0 Å². The maximum Gasteiger partial charge on any atom is 0.122 e. The lowest BCUT2D eigenvalue weighted by Gasteiger charge is -2.19. The van der Waals surface area contributed by atoms with Crippen LogP contribution in [0.3, 0.4) is 0 Å². The molecule has 0 amide bonds. The van der Waals surface area contributed by atoms with Crippen molar-refractivity contribution in [1.29, 1.82) is 0 Å². The highest BCUT2D eigenvalue weighted by atomic mass is 16.5. The smallest absolute Gasteiger partial charge is 0.122 e. The van der Waals surface area contributed by atoms with E-state index in [0.717, 1.165) is 36.4 Å². The lowest BCUT2D eigenvalue weighted by molar-refractivity contribution is 0.391. The van der Waals surface area contributed by atoms with Crippen LogP contribution in [0.1, 0.15) is 31.4 Å². The molecule has 0 aliphatic heterocycles. The van der Waals surface area contributed by atoms with Crippen LogP contribution in [0.25, 0.3) is 0 Å². The first-order chi connectivity index (χ1) is 8.74. The summed E-state index contributed by atoms with van der Waals surface area (Å²) < 4.78 is 10.6. The van der Waals surface area contributed by atoms with Crippen LogP contribution in [-0.2, 0) is 0 Å². The highest BCUT2D eigenvalue weighted by molar-refractivity contribution is 5.39. The Balaban J connectivity index is 2.98. The Morgan fingerprint density at radius 3 is 2.28 bits per heavy atom. The van der Waals surface area contributed by atoms with Crippen molar-refractivity contribution < 1.29 is 9.47 Å². The van der Waals surface area contributed by atoms with E-state index in [0.29, 0.717) is 0 Å². The summed E-state index contributed by atoms with van der Waals surface area (Å²) in [6.07, 6.45) is 6.99. The van der Waals surface area contributed by atoms with Gasteiger partial charge in [0, 0.05) is 18.5 Å². The molecule has 1 N–H and O–H groups in total. The molecule has 0 saturated heterocycles. The minimum Gasteiger partial charge on any atom is -0.497 e. The topological polar surface area (TPSA) is 30.5 Å². The predicted molar refractivity (Wildman–Crippen MR) is 74.0 cm³/mol. The standard InChI is InChI=1S/C15H21NO2/c1-5-7-8-15(16-6-2)12-9-13(17-3)11-14(10-12)18-4/h1,9-11,15-16H,6-8H2,2-4H3. The highest BCUT2D eigenvalue weighted by Gasteiger charge is 2.12. The van der Waals surface area contributed by atoms with E-state index in [1.54, 1.807) is 14.2 Å². The SMILES string of the molecule is C#CCCC(NCC)c1cc(OC)cc(OC)c1. The van der Waals surface area contributed by atoms with Crippen LogP contribution in [0.15, 0.2) is 18.2 Å². The fraction of sp³-hybridized carbons (Fsp3) is 0.467. The first kappa shape index (κ1) is 14.4. The van der Waals surface area contributed by atoms with Gasteiger partial charge < -0.3 is 14.8 Å². The zero-order chi connectivity index (χ0) is 13.4. The van der Waals surface area contributed by atoms with E-state index in [-0.39, 0.29) is 6.04 Å². The number of methoxy groups -OCH3 is 2. The fourth-order valence-electron chi connectivity index (χ4n) is 1.89. The van der Waals surface area contributed by atoms with Crippen molar-refractivity contribution in [3.8, 4) is 23.8 Å². The van der Waals surface area contributed by atoms with Crippen molar-refractivity contribution in [2.75, 3.05) is 20.8 Å². The normalized spacial score (nSPS) is 11.7. The molecule has 0 saturated carbocycles. The van der Waals surface area contributed by atoms with Gasteiger partial charge in [-0.15, -0.1) is 12.3 Å². The molecule has 0 heterocycles. The Labute approximate surface area is 109 Å². The van der Waals surface area contributed by atoms with Gasteiger partial charge >= 0.3 is 0 Å². The van der Waals surface area contributed by atoms with Crippen LogP contribution in [0.5, 0.6) is 11.5 Å². The summed E-state index contributed by atoms with van der Waals surface area (Å²) in [4.78, 5) is 0. The van der Waals surface area contributed by atoms with Gasteiger partial charge in [0.05, 0.1) is 14.2 Å². The summed E-state index contributed by atoms with van der Waals surface area (Å²) in [6, 6.07) is 6.14. The number of rotatable bonds is 7. The second-order valence-corrected chi connectivity index (χ2v) is 4.00. The third kappa shape index (κ3) is 3.97. The van der Waals surface area contributed by atoms with Crippen molar-refractivity contribution in [2.24, 2.45) is 0 Å². The average molecular weight is 247 g/mol. The van der Waals surface area contributed by atoms with E-state index in [9.17, 15) is 0 Å². The van der Waals surface area contributed by atoms with Gasteiger partial charge in [-0.25, -0.2) is 0 Å². The van der Waals surface area contributed by atoms with E-state index >= 15 is 0 Å². The molecule has 0 aromatic heterocycles. The number of nitrogens with one attached hydrogen (secondary N) is 1. The lowest BCUT2D eigenvalue weighted by atomic mass is 10.0. The van der Waals surface area contributed by atoms with Crippen molar-refractivity contribution >= 4 is 0 Å². The lowest BCUT2D eigenvalue weighted by Crippen LogP contribution is -2.20. The molecule has 0 aliphatic carbocycles.